The highest BCUT2D eigenvalue weighted by Crippen LogP contribution is 2.25. The first-order valence-corrected chi connectivity index (χ1v) is 6.38. The molecule has 0 N–H and O–H groups in total. The Morgan fingerprint density at radius 1 is 1.00 bits per heavy atom. The van der Waals surface area contributed by atoms with E-state index >= 15 is 0 Å². The van der Waals surface area contributed by atoms with Crippen molar-refractivity contribution >= 4 is 6.16 Å². The summed E-state index contributed by atoms with van der Waals surface area (Å²) in [6.07, 6.45) is 0.960. The summed E-state index contributed by atoms with van der Waals surface area (Å²) >= 11 is 0. The van der Waals surface area contributed by atoms with E-state index in [9.17, 15) is 4.79 Å². The number of cyclic esters (lactones) is 2. The minimum atomic E-state index is -0.557. The Kier molecular flexibility index (Phi) is 3.60. The highest BCUT2D eigenvalue weighted by atomic mass is 16.7. The maximum absolute atomic E-state index is 11.1. The van der Waals surface area contributed by atoms with Gasteiger partial charge in [0.25, 0.3) is 0 Å². The summed E-state index contributed by atoms with van der Waals surface area (Å²) in [6, 6.07) is 6.54. The van der Waals surface area contributed by atoms with E-state index in [0.717, 1.165) is 12.8 Å². The number of fused-ring (bicyclic) bond motifs is 1. The molecule has 1 aliphatic rings. The van der Waals surface area contributed by atoms with Crippen LogP contribution < -0.4 is 0 Å². The summed E-state index contributed by atoms with van der Waals surface area (Å²) in [7, 11) is 0. The van der Waals surface area contributed by atoms with Crippen LogP contribution in [0.3, 0.4) is 0 Å². The summed E-state index contributed by atoms with van der Waals surface area (Å²) in [5.41, 5.74) is 3.97. The van der Waals surface area contributed by atoms with Gasteiger partial charge in [0.15, 0.2) is 0 Å². The number of hydrogen-bond donors (Lipinski definition) is 0. The van der Waals surface area contributed by atoms with Gasteiger partial charge in [0.2, 0.25) is 0 Å². The highest BCUT2D eigenvalue weighted by molar-refractivity contribution is 5.60. The van der Waals surface area contributed by atoms with Crippen LogP contribution in [0.5, 0.6) is 0 Å². The SMILES string of the molecule is CC(C)(C)c1ccc2c(c1)CCOC(=O)OCC2. The van der Waals surface area contributed by atoms with Crippen molar-refractivity contribution in [1.29, 1.82) is 0 Å². The normalized spacial score (nSPS) is 16.7. The molecule has 0 saturated heterocycles. The lowest BCUT2D eigenvalue weighted by atomic mass is 9.84. The predicted octanol–water partition coefficient (Wildman–Crippen LogP) is 3.24. The van der Waals surface area contributed by atoms with Crippen LogP contribution in [0.4, 0.5) is 4.79 Å². The van der Waals surface area contributed by atoms with Crippen molar-refractivity contribution in [2.24, 2.45) is 0 Å². The molecule has 3 heteroatoms. The van der Waals surface area contributed by atoms with Crippen LogP contribution in [0.2, 0.25) is 0 Å². The lowest BCUT2D eigenvalue weighted by Gasteiger charge is -2.21. The molecule has 0 fully saturated rings. The number of carbonyl (C=O) groups excluding carboxylic acids is 1. The number of rotatable bonds is 0. The Balaban J connectivity index is 2.28. The van der Waals surface area contributed by atoms with Crippen molar-refractivity contribution in [3.05, 3.63) is 34.9 Å². The molecular formula is C15H20O3. The van der Waals surface area contributed by atoms with Crippen LogP contribution in [0.15, 0.2) is 18.2 Å². The Bertz CT molecular complexity index is 444. The summed E-state index contributed by atoms with van der Waals surface area (Å²) in [6.45, 7) is 7.38. The van der Waals surface area contributed by atoms with E-state index in [0.29, 0.717) is 13.2 Å². The van der Waals surface area contributed by atoms with Gasteiger partial charge in [-0.25, -0.2) is 4.79 Å². The fourth-order valence-electron chi connectivity index (χ4n) is 2.10. The highest BCUT2D eigenvalue weighted by Gasteiger charge is 2.17. The Hall–Kier alpha value is -1.51. The van der Waals surface area contributed by atoms with Gasteiger partial charge < -0.3 is 9.47 Å². The van der Waals surface area contributed by atoms with Gasteiger partial charge >= 0.3 is 6.16 Å². The third-order valence-corrected chi connectivity index (χ3v) is 3.25. The average Bonchev–Trinajstić information content (AvgIpc) is 2.37. The van der Waals surface area contributed by atoms with E-state index in [1.165, 1.54) is 16.7 Å². The smallest absolute Gasteiger partial charge is 0.434 e. The zero-order valence-corrected chi connectivity index (χ0v) is 11.3. The predicted molar refractivity (Wildman–Crippen MR) is 69.9 cm³/mol. The van der Waals surface area contributed by atoms with E-state index in [4.69, 9.17) is 9.47 Å². The molecule has 1 aliphatic heterocycles. The molecule has 0 spiro atoms. The molecule has 18 heavy (non-hydrogen) atoms. The number of ether oxygens (including phenoxy) is 2. The molecule has 98 valence electrons. The van der Waals surface area contributed by atoms with Gasteiger partial charge in [0.05, 0.1) is 13.2 Å². The molecule has 0 bridgehead atoms. The number of benzene rings is 1. The molecule has 3 nitrogen and oxygen atoms in total. The van der Waals surface area contributed by atoms with E-state index in [1.54, 1.807) is 0 Å². The topological polar surface area (TPSA) is 35.5 Å². The van der Waals surface area contributed by atoms with E-state index in [2.05, 4.69) is 39.0 Å². The third-order valence-electron chi connectivity index (χ3n) is 3.25. The maximum Gasteiger partial charge on any atom is 0.508 e. The first kappa shape index (κ1) is 12.9. The summed E-state index contributed by atoms with van der Waals surface area (Å²) < 4.78 is 9.94. The standard InChI is InChI=1S/C15H20O3/c1-15(2,3)13-5-4-11-6-8-17-14(16)18-9-7-12(11)10-13/h4-5,10H,6-9H2,1-3H3. The van der Waals surface area contributed by atoms with Crippen molar-refractivity contribution in [3.8, 4) is 0 Å². The van der Waals surface area contributed by atoms with Gasteiger partial charge in [-0.2, -0.15) is 0 Å². The largest absolute Gasteiger partial charge is 0.508 e. The molecule has 1 aromatic carbocycles. The zero-order valence-electron chi connectivity index (χ0n) is 11.3. The van der Waals surface area contributed by atoms with Crippen LogP contribution >= 0.6 is 0 Å². The van der Waals surface area contributed by atoms with Crippen molar-refractivity contribution in [1.82, 2.24) is 0 Å². The van der Waals surface area contributed by atoms with E-state index in [-0.39, 0.29) is 5.41 Å². The van der Waals surface area contributed by atoms with Crippen molar-refractivity contribution < 1.29 is 14.3 Å². The van der Waals surface area contributed by atoms with Gasteiger partial charge in [0.1, 0.15) is 0 Å². The van der Waals surface area contributed by atoms with Gasteiger partial charge in [-0.15, -0.1) is 0 Å². The quantitative estimate of drug-likeness (QED) is 0.661. The molecular weight excluding hydrogens is 228 g/mol. The molecule has 0 radical (unpaired) electrons. The van der Waals surface area contributed by atoms with Crippen molar-refractivity contribution in [2.75, 3.05) is 13.2 Å². The lowest BCUT2D eigenvalue weighted by molar-refractivity contribution is 0.0586. The second-order valence-electron chi connectivity index (χ2n) is 5.68. The van der Waals surface area contributed by atoms with Crippen LogP contribution in [-0.2, 0) is 27.7 Å². The first-order valence-electron chi connectivity index (χ1n) is 6.38. The summed E-state index contributed by atoms with van der Waals surface area (Å²) in [5, 5.41) is 0. The molecule has 0 amide bonds. The van der Waals surface area contributed by atoms with Crippen LogP contribution in [0, 0.1) is 0 Å². The zero-order chi connectivity index (χ0) is 13.2. The molecule has 0 saturated carbocycles. The fourth-order valence-corrected chi connectivity index (χ4v) is 2.10. The monoisotopic (exact) mass is 248 g/mol. The van der Waals surface area contributed by atoms with E-state index in [1.807, 2.05) is 0 Å². The molecule has 0 aromatic heterocycles. The van der Waals surface area contributed by atoms with E-state index < -0.39 is 6.16 Å². The molecule has 0 unspecified atom stereocenters. The number of carbonyl (C=O) groups is 1. The number of hydrogen-bond acceptors (Lipinski definition) is 3. The average molecular weight is 248 g/mol. The van der Waals surface area contributed by atoms with Crippen LogP contribution in [0.1, 0.15) is 37.5 Å². The molecule has 1 aromatic rings. The van der Waals surface area contributed by atoms with Gasteiger partial charge in [0, 0.05) is 12.8 Å². The Labute approximate surface area is 108 Å². The second kappa shape index (κ2) is 5.01. The lowest BCUT2D eigenvalue weighted by Crippen LogP contribution is -2.12. The molecule has 1 heterocycles. The minimum Gasteiger partial charge on any atom is -0.434 e. The van der Waals surface area contributed by atoms with Crippen LogP contribution in [-0.4, -0.2) is 19.4 Å². The molecule has 0 atom stereocenters. The third kappa shape index (κ3) is 3.03. The Morgan fingerprint density at radius 2 is 1.61 bits per heavy atom. The minimum absolute atomic E-state index is 0.140. The summed E-state index contributed by atoms with van der Waals surface area (Å²) in [5.74, 6) is 0. The van der Waals surface area contributed by atoms with Crippen molar-refractivity contribution in [3.63, 3.8) is 0 Å². The summed E-state index contributed by atoms with van der Waals surface area (Å²) in [4.78, 5) is 11.1. The van der Waals surface area contributed by atoms with Crippen molar-refractivity contribution in [2.45, 2.75) is 39.0 Å². The fraction of sp³-hybridized carbons (Fsp3) is 0.533. The Morgan fingerprint density at radius 3 is 2.22 bits per heavy atom. The molecule has 2 rings (SSSR count). The van der Waals surface area contributed by atoms with Gasteiger partial charge in [-0.05, 0) is 22.1 Å². The van der Waals surface area contributed by atoms with Crippen LogP contribution in [0.25, 0.3) is 0 Å². The van der Waals surface area contributed by atoms with Gasteiger partial charge in [-0.3, -0.25) is 0 Å². The van der Waals surface area contributed by atoms with Gasteiger partial charge in [-0.1, -0.05) is 39.0 Å². The molecule has 0 aliphatic carbocycles. The first-order chi connectivity index (χ1) is 8.47. The maximum atomic E-state index is 11.1. The second-order valence-corrected chi connectivity index (χ2v) is 5.68.